The summed E-state index contributed by atoms with van der Waals surface area (Å²) in [7, 11) is 0. The SMILES string of the molecule is C=CC(/C=C/C=C(\S)c1ccccc1)=C\C=C\C1C=C2C(=CC1)N(c1ccccc1)C1C=CC(c3ccc(-c4ccc(-c5ccccc5)s4)cc3)=CC21. The molecule has 0 bridgehead atoms. The van der Waals surface area contributed by atoms with E-state index in [0.29, 0.717) is 5.92 Å². The maximum atomic E-state index is 4.67. The van der Waals surface area contributed by atoms with Crippen molar-refractivity contribution in [1.29, 1.82) is 0 Å². The average Bonchev–Trinajstić information content (AvgIpc) is 3.85. The summed E-state index contributed by atoms with van der Waals surface area (Å²) in [6.45, 7) is 4.04. The first-order chi connectivity index (χ1) is 26.1. The maximum absolute atomic E-state index is 4.67. The van der Waals surface area contributed by atoms with Crippen molar-refractivity contribution in [2.45, 2.75) is 12.5 Å². The summed E-state index contributed by atoms with van der Waals surface area (Å²) < 4.78 is 0. The molecule has 1 nitrogen and oxygen atoms in total. The first-order valence-electron chi connectivity index (χ1n) is 18.2. The van der Waals surface area contributed by atoms with E-state index in [1.807, 2.05) is 47.8 Å². The normalized spacial score (nSPS) is 19.9. The van der Waals surface area contributed by atoms with Crippen LogP contribution in [0.2, 0.25) is 0 Å². The maximum Gasteiger partial charge on any atom is 0.0629 e. The molecule has 3 aliphatic rings. The van der Waals surface area contributed by atoms with E-state index >= 15 is 0 Å². The lowest BCUT2D eigenvalue weighted by atomic mass is 9.82. The molecule has 0 amide bonds. The number of benzene rings is 4. The smallest absolute Gasteiger partial charge is 0.0629 e. The summed E-state index contributed by atoms with van der Waals surface area (Å²) in [6.07, 6.45) is 27.8. The van der Waals surface area contributed by atoms with Gasteiger partial charge in [-0.2, -0.15) is 0 Å². The molecule has 1 saturated heterocycles. The summed E-state index contributed by atoms with van der Waals surface area (Å²) in [6, 6.07) is 45.5. The highest BCUT2D eigenvalue weighted by atomic mass is 32.1. The number of rotatable bonds is 10. The van der Waals surface area contributed by atoms with Gasteiger partial charge in [-0.3, -0.25) is 0 Å². The second-order valence-electron chi connectivity index (χ2n) is 13.5. The van der Waals surface area contributed by atoms with Crippen LogP contribution in [0.3, 0.4) is 0 Å². The molecule has 3 atom stereocenters. The van der Waals surface area contributed by atoms with Crippen LogP contribution in [-0.2, 0) is 0 Å². The molecule has 1 fully saturated rings. The molecule has 53 heavy (non-hydrogen) atoms. The van der Waals surface area contributed by atoms with Crippen LogP contribution >= 0.6 is 24.0 Å². The Hall–Kier alpha value is -5.61. The fraction of sp³-hybridized carbons (Fsp3) is 0.0800. The zero-order valence-corrected chi connectivity index (χ0v) is 31.2. The number of para-hydroxylation sites is 1. The van der Waals surface area contributed by atoms with E-state index < -0.39 is 0 Å². The molecule has 0 spiro atoms. The zero-order chi connectivity index (χ0) is 36.0. The summed E-state index contributed by atoms with van der Waals surface area (Å²) in [5.41, 5.74) is 11.2. The second-order valence-corrected chi connectivity index (χ2v) is 15.0. The molecule has 0 saturated carbocycles. The first-order valence-corrected chi connectivity index (χ1v) is 19.5. The monoisotopic (exact) mass is 719 g/mol. The largest absolute Gasteiger partial charge is 0.334 e. The van der Waals surface area contributed by atoms with Crippen molar-refractivity contribution in [2.75, 3.05) is 4.90 Å². The zero-order valence-electron chi connectivity index (χ0n) is 29.5. The van der Waals surface area contributed by atoms with E-state index in [1.165, 1.54) is 49.0 Å². The van der Waals surface area contributed by atoms with Crippen molar-refractivity contribution >= 4 is 40.1 Å². The van der Waals surface area contributed by atoms with Crippen molar-refractivity contribution in [3.05, 3.63) is 235 Å². The number of fused-ring (bicyclic) bond motifs is 3. The first kappa shape index (κ1) is 34.5. The Morgan fingerprint density at radius 3 is 2.09 bits per heavy atom. The fourth-order valence-corrected chi connectivity index (χ4v) is 8.63. The molecule has 1 aliphatic heterocycles. The third-order valence-electron chi connectivity index (χ3n) is 10.1. The minimum absolute atomic E-state index is 0.237. The Morgan fingerprint density at radius 2 is 1.38 bits per heavy atom. The highest BCUT2D eigenvalue weighted by molar-refractivity contribution is 7.90. The van der Waals surface area contributed by atoms with Gasteiger partial charge in [-0.1, -0.05) is 177 Å². The van der Waals surface area contributed by atoms with Gasteiger partial charge in [0.1, 0.15) is 0 Å². The Bertz CT molecular complexity index is 2330. The fourth-order valence-electron chi connectivity index (χ4n) is 7.38. The van der Waals surface area contributed by atoms with Crippen LogP contribution in [-0.4, -0.2) is 6.04 Å². The van der Waals surface area contributed by atoms with Crippen LogP contribution in [0, 0.1) is 11.8 Å². The van der Waals surface area contributed by atoms with Gasteiger partial charge >= 0.3 is 0 Å². The molecule has 2 heterocycles. The van der Waals surface area contributed by atoms with Crippen molar-refractivity contribution < 1.29 is 0 Å². The highest BCUT2D eigenvalue weighted by Crippen LogP contribution is 2.48. The van der Waals surface area contributed by atoms with E-state index in [-0.39, 0.29) is 12.0 Å². The Morgan fingerprint density at radius 1 is 0.717 bits per heavy atom. The number of nitrogens with zero attached hydrogens (tertiary/aromatic N) is 1. The van der Waals surface area contributed by atoms with Crippen LogP contribution in [0.25, 0.3) is 31.4 Å². The summed E-state index contributed by atoms with van der Waals surface area (Å²) >= 11 is 6.51. The molecular weight excluding hydrogens is 679 g/mol. The lowest BCUT2D eigenvalue weighted by Gasteiger charge is -2.29. The average molecular weight is 720 g/mol. The minimum Gasteiger partial charge on any atom is -0.334 e. The van der Waals surface area contributed by atoms with E-state index in [9.17, 15) is 0 Å². The van der Waals surface area contributed by atoms with Gasteiger partial charge in [-0.15, -0.1) is 24.0 Å². The molecule has 258 valence electrons. The van der Waals surface area contributed by atoms with Gasteiger partial charge in [0, 0.05) is 32.0 Å². The Balaban J connectivity index is 1.03. The molecule has 0 radical (unpaired) electrons. The summed E-state index contributed by atoms with van der Waals surface area (Å²) in [4.78, 5) is 6.05. The van der Waals surface area contributed by atoms with E-state index in [2.05, 4.69) is 188 Å². The van der Waals surface area contributed by atoms with E-state index in [4.69, 9.17) is 0 Å². The molecule has 8 rings (SSSR count). The van der Waals surface area contributed by atoms with Crippen molar-refractivity contribution in [1.82, 2.24) is 0 Å². The topological polar surface area (TPSA) is 3.24 Å². The molecule has 3 unspecified atom stereocenters. The molecule has 4 aromatic carbocycles. The van der Waals surface area contributed by atoms with Crippen molar-refractivity contribution in [3.63, 3.8) is 0 Å². The quantitative estimate of drug-likeness (QED) is 0.111. The molecular formula is C50H41NS2. The number of anilines is 1. The van der Waals surface area contributed by atoms with E-state index in [0.717, 1.165) is 22.5 Å². The molecule has 2 aliphatic carbocycles. The van der Waals surface area contributed by atoms with Crippen LogP contribution in [0.15, 0.2) is 224 Å². The van der Waals surface area contributed by atoms with Gasteiger partial charge in [-0.25, -0.2) is 0 Å². The molecule has 1 aromatic heterocycles. The van der Waals surface area contributed by atoms with Crippen LogP contribution in [0.5, 0.6) is 0 Å². The molecule has 0 N–H and O–H groups in total. The second kappa shape index (κ2) is 16.0. The standard InChI is InChI=1S/C50H41NS2/c1-2-36(15-13-23-48(52)39-17-6-3-7-18-39)14-12-16-37-24-30-46-44(34-37)45-35-42(29-31-47(45)51(46)43-21-10-5-11-22-43)38-25-27-41(28-26-38)50-33-32-49(53-50)40-19-8-4-9-20-40/h2-23,25-35,37,45,47,52H,1,24H2/b15-13+,16-12+,36-14+,48-23-. The van der Waals surface area contributed by atoms with E-state index in [1.54, 1.807) is 0 Å². The number of thiol groups is 1. The predicted molar refractivity (Wildman–Crippen MR) is 233 cm³/mol. The number of allylic oxidation sites excluding steroid dienone is 13. The summed E-state index contributed by atoms with van der Waals surface area (Å²) in [5.74, 6) is 0.573. The van der Waals surface area contributed by atoms with Crippen molar-refractivity contribution in [3.8, 4) is 20.9 Å². The minimum atomic E-state index is 0.237. The van der Waals surface area contributed by atoms with Gasteiger partial charge in [0.15, 0.2) is 0 Å². The Labute approximate surface area is 323 Å². The summed E-state index contributed by atoms with van der Waals surface area (Å²) in [5, 5.41) is 0. The van der Waals surface area contributed by atoms with Crippen LogP contribution in [0.1, 0.15) is 17.5 Å². The third kappa shape index (κ3) is 7.64. The van der Waals surface area contributed by atoms with Crippen LogP contribution in [0.4, 0.5) is 5.69 Å². The van der Waals surface area contributed by atoms with Gasteiger partial charge in [0.25, 0.3) is 0 Å². The number of hydrogen-bond donors (Lipinski definition) is 1. The third-order valence-corrected chi connectivity index (χ3v) is 11.7. The van der Waals surface area contributed by atoms with Gasteiger partial charge < -0.3 is 4.90 Å². The molecule has 5 aromatic rings. The Kier molecular flexibility index (Phi) is 10.4. The highest BCUT2D eigenvalue weighted by Gasteiger charge is 2.42. The lowest BCUT2D eigenvalue weighted by molar-refractivity contribution is 0.700. The van der Waals surface area contributed by atoms with Gasteiger partial charge in [-0.05, 0) is 81.7 Å². The van der Waals surface area contributed by atoms with Crippen molar-refractivity contribution in [2.24, 2.45) is 11.8 Å². The van der Waals surface area contributed by atoms with Gasteiger partial charge in [0.05, 0.1) is 6.04 Å². The molecule has 3 heteroatoms. The van der Waals surface area contributed by atoms with Crippen LogP contribution < -0.4 is 4.90 Å². The number of hydrogen-bond acceptors (Lipinski definition) is 3. The lowest BCUT2D eigenvalue weighted by Crippen LogP contribution is -2.30. The number of thiophene rings is 1. The predicted octanol–water partition coefficient (Wildman–Crippen LogP) is 13.6. The van der Waals surface area contributed by atoms with Gasteiger partial charge in [0.2, 0.25) is 0 Å².